The van der Waals surface area contributed by atoms with Gasteiger partial charge in [0.25, 0.3) is 5.91 Å². The summed E-state index contributed by atoms with van der Waals surface area (Å²) < 4.78 is 15.8. The number of anilines is 1. The fourth-order valence-electron chi connectivity index (χ4n) is 2.98. The molecule has 0 radical (unpaired) electrons. The summed E-state index contributed by atoms with van der Waals surface area (Å²) >= 11 is 0. The van der Waals surface area contributed by atoms with Crippen LogP contribution in [0.3, 0.4) is 0 Å². The topological polar surface area (TPSA) is 136 Å². The molecule has 2 unspecified atom stereocenters. The normalized spacial score (nSPS) is 13.4. The van der Waals surface area contributed by atoms with Crippen molar-refractivity contribution in [3.8, 4) is 11.9 Å². The number of aliphatic hydroxyl groups excluding tert-OH is 1. The number of nitrogens with zero attached hydrogens (tertiary/aromatic N) is 4. The van der Waals surface area contributed by atoms with Gasteiger partial charge in [0, 0.05) is 36.1 Å². The Bertz CT molecular complexity index is 1160. The molecular formula is C22H25FN6O3. The number of halogens is 1. The number of fused-ring (bicyclic) bond motifs is 1. The number of hydrogen-bond acceptors (Lipinski definition) is 7. The van der Waals surface area contributed by atoms with E-state index in [0.717, 1.165) is 5.39 Å². The number of pyridine rings is 2. The third kappa shape index (κ3) is 5.01. The van der Waals surface area contributed by atoms with Gasteiger partial charge in [-0.3, -0.25) is 9.36 Å². The lowest BCUT2D eigenvalue weighted by atomic mass is 10.0. The molecule has 0 bridgehead atoms. The molecule has 32 heavy (non-hydrogen) atoms. The highest BCUT2D eigenvalue weighted by molar-refractivity contribution is 5.99. The van der Waals surface area contributed by atoms with Crippen LogP contribution in [0.15, 0.2) is 36.8 Å². The molecule has 3 aromatic rings. The fraction of sp³-hybridized carbons (Fsp3) is 0.364. The molecular weight excluding hydrogens is 415 g/mol. The summed E-state index contributed by atoms with van der Waals surface area (Å²) in [5.41, 5.74) is -0.0151. The predicted molar refractivity (Wildman–Crippen MR) is 117 cm³/mol. The summed E-state index contributed by atoms with van der Waals surface area (Å²) in [6, 6.07) is 6.82. The third-order valence-electron chi connectivity index (χ3n) is 4.92. The van der Waals surface area contributed by atoms with Crippen molar-refractivity contribution in [2.75, 3.05) is 18.5 Å². The van der Waals surface area contributed by atoms with Crippen molar-refractivity contribution in [1.29, 1.82) is 5.26 Å². The number of nitrogens with one attached hydrogen (secondary N) is 2. The third-order valence-corrected chi connectivity index (χ3v) is 4.92. The van der Waals surface area contributed by atoms with E-state index in [-0.39, 0.29) is 24.8 Å². The summed E-state index contributed by atoms with van der Waals surface area (Å²) in [5, 5.41) is 34.5. The summed E-state index contributed by atoms with van der Waals surface area (Å²) in [6.07, 6.45) is 2.91. The number of carbonyl (C=O) groups excluding carboxylic acids is 1. The Kier molecular flexibility index (Phi) is 6.72. The molecule has 0 aromatic carbocycles. The maximum Gasteiger partial charge on any atom is 0.255 e. The first-order chi connectivity index (χ1) is 15.1. The molecule has 0 aliphatic rings. The van der Waals surface area contributed by atoms with Gasteiger partial charge in [-0.05, 0) is 32.9 Å². The van der Waals surface area contributed by atoms with Gasteiger partial charge in [0.15, 0.2) is 0 Å². The molecule has 0 aliphatic carbocycles. The van der Waals surface area contributed by atoms with Crippen LogP contribution in [0.4, 0.5) is 10.1 Å². The molecule has 9 nitrogen and oxygen atoms in total. The first-order valence-corrected chi connectivity index (χ1v) is 10.0. The van der Waals surface area contributed by atoms with Crippen molar-refractivity contribution in [2.24, 2.45) is 0 Å². The Morgan fingerprint density at radius 3 is 2.75 bits per heavy atom. The van der Waals surface area contributed by atoms with E-state index in [1.54, 1.807) is 35.9 Å². The lowest BCUT2D eigenvalue weighted by Gasteiger charge is -2.23. The fourth-order valence-corrected chi connectivity index (χ4v) is 2.98. The van der Waals surface area contributed by atoms with Gasteiger partial charge in [-0.2, -0.15) is 5.26 Å². The minimum absolute atomic E-state index is 0.160. The molecule has 0 fully saturated rings. The Balaban J connectivity index is 1.95. The summed E-state index contributed by atoms with van der Waals surface area (Å²) in [6.45, 7) is 3.85. The number of carbonyl (C=O) groups is 1. The minimum Gasteiger partial charge on any atom is -0.394 e. The molecule has 3 rings (SSSR count). The predicted octanol–water partition coefficient (Wildman–Crippen LogP) is 1.92. The smallest absolute Gasteiger partial charge is 0.255 e. The molecule has 168 valence electrons. The van der Waals surface area contributed by atoms with Crippen molar-refractivity contribution < 1.29 is 19.4 Å². The van der Waals surface area contributed by atoms with E-state index in [2.05, 4.69) is 20.6 Å². The van der Waals surface area contributed by atoms with Gasteiger partial charge in [0.2, 0.25) is 0 Å². The van der Waals surface area contributed by atoms with E-state index in [0.29, 0.717) is 22.7 Å². The van der Waals surface area contributed by atoms with Crippen LogP contribution in [0, 0.1) is 11.3 Å². The maximum atomic E-state index is 14.0. The standard InChI is InChI=1S/C22H25FN6O3/c1-13(12-30)28-17-7-19(29-5-4-15-6-14(8-24)9-26-20(15)29)25-10-16(17)21(31)27-11-18(23)22(2,3)32/h4-7,9-10,13,18,30,32H,11-12H2,1-3H3,(H,25,28)(H,27,31). The zero-order valence-corrected chi connectivity index (χ0v) is 18.0. The van der Waals surface area contributed by atoms with Crippen LogP contribution in [-0.2, 0) is 0 Å². The van der Waals surface area contributed by atoms with E-state index >= 15 is 0 Å². The van der Waals surface area contributed by atoms with Gasteiger partial charge in [0.05, 0.1) is 35.6 Å². The average molecular weight is 440 g/mol. The summed E-state index contributed by atoms with van der Waals surface area (Å²) in [5.74, 6) is -0.112. The van der Waals surface area contributed by atoms with Gasteiger partial charge < -0.3 is 20.8 Å². The quantitative estimate of drug-likeness (QED) is 0.420. The number of aliphatic hydroxyl groups is 2. The molecule has 0 aliphatic heterocycles. The SMILES string of the molecule is CC(CO)Nc1cc(-n2ccc3cc(C#N)cnc32)ncc1C(=O)NCC(F)C(C)(C)O. The number of alkyl halides is 1. The minimum atomic E-state index is -1.65. The number of nitriles is 1. The number of rotatable bonds is 8. The Morgan fingerprint density at radius 1 is 1.34 bits per heavy atom. The molecule has 0 saturated heterocycles. The molecule has 3 heterocycles. The van der Waals surface area contributed by atoms with E-state index in [9.17, 15) is 19.4 Å². The molecule has 3 aromatic heterocycles. The second kappa shape index (κ2) is 9.30. The van der Waals surface area contributed by atoms with Crippen LogP contribution < -0.4 is 10.6 Å². The van der Waals surface area contributed by atoms with E-state index in [1.807, 2.05) is 6.07 Å². The highest BCUT2D eigenvalue weighted by Gasteiger charge is 2.27. The van der Waals surface area contributed by atoms with Gasteiger partial charge in [-0.25, -0.2) is 14.4 Å². The van der Waals surface area contributed by atoms with Crippen molar-refractivity contribution in [3.63, 3.8) is 0 Å². The monoisotopic (exact) mass is 440 g/mol. The van der Waals surface area contributed by atoms with Gasteiger partial charge in [0.1, 0.15) is 23.7 Å². The Labute approximate surface area is 184 Å². The average Bonchev–Trinajstić information content (AvgIpc) is 3.19. The second-order valence-corrected chi connectivity index (χ2v) is 8.08. The van der Waals surface area contributed by atoms with Crippen LogP contribution in [0.5, 0.6) is 0 Å². The Morgan fingerprint density at radius 2 is 2.09 bits per heavy atom. The first-order valence-electron chi connectivity index (χ1n) is 10.0. The van der Waals surface area contributed by atoms with Crippen molar-refractivity contribution in [2.45, 2.75) is 38.6 Å². The first kappa shape index (κ1) is 23.1. The molecule has 1 amide bonds. The highest BCUT2D eigenvalue weighted by atomic mass is 19.1. The van der Waals surface area contributed by atoms with Crippen LogP contribution in [0.1, 0.15) is 36.7 Å². The number of hydrogen-bond donors (Lipinski definition) is 4. The van der Waals surface area contributed by atoms with Crippen molar-refractivity contribution >= 4 is 22.6 Å². The zero-order valence-electron chi connectivity index (χ0n) is 18.0. The van der Waals surface area contributed by atoms with E-state index < -0.39 is 17.7 Å². The lowest BCUT2D eigenvalue weighted by Crippen LogP contribution is -2.42. The molecule has 10 heteroatoms. The van der Waals surface area contributed by atoms with Crippen LogP contribution in [-0.4, -0.2) is 61.6 Å². The second-order valence-electron chi connectivity index (χ2n) is 8.08. The van der Waals surface area contributed by atoms with Crippen molar-refractivity contribution in [3.05, 3.63) is 47.9 Å². The lowest BCUT2D eigenvalue weighted by molar-refractivity contribution is -0.00177. The molecule has 4 N–H and O–H groups in total. The van der Waals surface area contributed by atoms with E-state index in [4.69, 9.17) is 5.26 Å². The van der Waals surface area contributed by atoms with Crippen LogP contribution >= 0.6 is 0 Å². The number of aromatic nitrogens is 3. The van der Waals surface area contributed by atoms with Gasteiger partial charge in [-0.15, -0.1) is 0 Å². The van der Waals surface area contributed by atoms with Crippen LogP contribution in [0.25, 0.3) is 16.9 Å². The van der Waals surface area contributed by atoms with Gasteiger partial charge in [-0.1, -0.05) is 0 Å². The number of amides is 1. The van der Waals surface area contributed by atoms with Crippen LogP contribution in [0.2, 0.25) is 0 Å². The Hall–Kier alpha value is -3.55. The van der Waals surface area contributed by atoms with E-state index in [1.165, 1.54) is 26.2 Å². The maximum absolute atomic E-state index is 14.0. The molecule has 0 saturated carbocycles. The van der Waals surface area contributed by atoms with Crippen molar-refractivity contribution in [1.82, 2.24) is 19.9 Å². The largest absolute Gasteiger partial charge is 0.394 e. The molecule has 2 atom stereocenters. The van der Waals surface area contributed by atoms with Gasteiger partial charge >= 0.3 is 0 Å². The summed E-state index contributed by atoms with van der Waals surface area (Å²) in [7, 11) is 0. The molecule has 0 spiro atoms. The zero-order chi connectivity index (χ0) is 23.5. The highest BCUT2D eigenvalue weighted by Crippen LogP contribution is 2.23. The summed E-state index contributed by atoms with van der Waals surface area (Å²) in [4.78, 5) is 21.4.